The van der Waals surface area contributed by atoms with Crippen LogP contribution in [0.15, 0.2) is 58.6 Å². The number of hydrogen-bond acceptors (Lipinski definition) is 5. The third kappa shape index (κ3) is 3.68. The van der Waals surface area contributed by atoms with Crippen LogP contribution in [-0.2, 0) is 0 Å². The van der Waals surface area contributed by atoms with Crippen LogP contribution in [0, 0.1) is 6.92 Å². The number of halogens is 1. The molecule has 2 aromatic heterocycles. The summed E-state index contributed by atoms with van der Waals surface area (Å²) in [5, 5.41) is 6.60. The predicted octanol–water partition coefficient (Wildman–Crippen LogP) is 6.57. The Morgan fingerprint density at radius 2 is 1.93 bits per heavy atom. The molecule has 0 radical (unpaired) electrons. The van der Waals surface area contributed by atoms with Crippen molar-refractivity contribution in [1.82, 2.24) is 9.97 Å². The van der Waals surface area contributed by atoms with Gasteiger partial charge < -0.3 is 10.1 Å². The number of thiophene rings is 1. The molecular formula is C21H18BrN3OS. The fraction of sp³-hybridized carbons (Fsp3) is 0.143. The van der Waals surface area contributed by atoms with E-state index in [9.17, 15) is 0 Å². The lowest BCUT2D eigenvalue weighted by atomic mass is 10.1. The normalized spacial score (nSPS) is 10.9. The van der Waals surface area contributed by atoms with E-state index in [0.29, 0.717) is 6.61 Å². The molecule has 4 nitrogen and oxygen atoms in total. The van der Waals surface area contributed by atoms with Crippen molar-refractivity contribution in [2.45, 2.75) is 13.8 Å². The highest BCUT2D eigenvalue weighted by Gasteiger charge is 2.14. The van der Waals surface area contributed by atoms with Gasteiger partial charge in [0.15, 0.2) is 0 Å². The third-order valence-electron chi connectivity index (χ3n) is 4.28. The smallest absolute Gasteiger partial charge is 0.143 e. The topological polar surface area (TPSA) is 47.0 Å². The fourth-order valence-corrected chi connectivity index (χ4v) is 4.18. The molecule has 136 valence electrons. The van der Waals surface area contributed by atoms with Gasteiger partial charge in [-0.1, -0.05) is 34.1 Å². The third-order valence-corrected chi connectivity index (χ3v) is 6.02. The second kappa shape index (κ2) is 7.66. The average molecular weight is 440 g/mol. The Labute approximate surface area is 170 Å². The Balaban J connectivity index is 1.76. The molecule has 4 rings (SSSR count). The van der Waals surface area contributed by atoms with E-state index in [4.69, 9.17) is 4.74 Å². The highest BCUT2D eigenvalue weighted by atomic mass is 79.9. The van der Waals surface area contributed by atoms with Gasteiger partial charge in [0.05, 0.1) is 12.0 Å². The van der Waals surface area contributed by atoms with E-state index in [1.54, 1.807) is 17.7 Å². The summed E-state index contributed by atoms with van der Waals surface area (Å²) in [4.78, 5) is 9.91. The molecular weight excluding hydrogens is 422 g/mol. The molecule has 4 aromatic rings. The summed E-state index contributed by atoms with van der Waals surface area (Å²) in [6.07, 6.45) is 1.60. The highest BCUT2D eigenvalue weighted by Crippen LogP contribution is 2.38. The van der Waals surface area contributed by atoms with E-state index >= 15 is 0 Å². The predicted molar refractivity (Wildman–Crippen MR) is 116 cm³/mol. The Kier molecular flexibility index (Phi) is 5.09. The van der Waals surface area contributed by atoms with E-state index < -0.39 is 0 Å². The van der Waals surface area contributed by atoms with Crippen LogP contribution in [0.3, 0.4) is 0 Å². The molecule has 0 aliphatic carbocycles. The zero-order chi connectivity index (χ0) is 18.8. The maximum Gasteiger partial charge on any atom is 0.143 e. The summed E-state index contributed by atoms with van der Waals surface area (Å²) in [6.45, 7) is 4.72. The van der Waals surface area contributed by atoms with Gasteiger partial charge in [-0.25, -0.2) is 9.97 Å². The standard InChI is InChI=1S/C21H18BrN3OS/c1-3-26-16-8-5-14(6-9-16)17-11-27-21-19(17)20(23-12-24-21)25-15-7-4-13(2)18(22)10-15/h4-12H,3H2,1-2H3,(H,23,24,25). The molecule has 0 fully saturated rings. The molecule has 27 heavy (non-hydrogen) atoms. The maximum absolute atomic E-state index is 5.55. The highest BCUT2D eigenvalue weighted by molar-refractivity contribution is 9.10. The monoisotopic (exact) mass is 439 g/mol. The summed E-state index contributed by atoms with van der Waals surface area (Å²) < 4.78 is 6.62. The van der Waals surface area contributed by atoms with E-state index in [0.717, 1.165) is 43.1 Å². The minimum Gasteiger partial charge on any atom is -0.494 e. The zero-order valence-corrected chi connectivity index (χ0v) is 17.4. The van der Waals surface area contributed by atoms with Gasteiger partial charge in [0.25, 0.3) is 0 Å². The van der Waals surface area contributed by atoms with Crippen molar-refractivity contribution in [2.24, 2.45) is 0 Å². The number of benzene rings is 2. The van der Waals surface area contributed by atoms with Gasteiger partial charge in [-0.2, -0.15) is 0 Å². The lowest BCUT2D eigenvalue weighted by molar-refractivity contribution is 0.340. The van der Waals surface area contributed by atoms with Crippen molar-refractivity contribution in [1.29, 1.82) is 0 Å². The SMILES string of the molecule is CCOc1ccc(-c2csc3ncnc(Nc4ccc(C)c(Br)c4)c23)cc1. The number of aryl methyl sites for hydroxylation is 1. The molecule has 2 heterocycles. The first-order chi connectivity index (χ1) is 13.2. The summed E-state index contributed by atoms with van der Waals surface area (Å²) in [7, 11) is 0. The second-order valence-electron chi connectivity index (χ2n) is 6.10. The average Bonchev–Trinajstić information content (AvgIpc) is 3.11. The lowest BCUT2D eigenvalue weighted by Crippen LogP contribution is -1.96. The van der Waals surface area contributed by atoms with Crippen molar-refractivity contribution in [2.75, 3.05) is 11.9 Å². The molecule has 0 unspecified atom stereocenters. The van der Waals surface area contributed by atoms with E-state index in [2.05, 4.69) is 73.9 Å². The Bertz CT molecular complexity index is 1090. The quantitative estimate of drug-likeness (QED) is 0.381. The van der Waals surface area contributed by atoms with Crippen LogP contribution >= 0.6 is 27.3 Å². The molecule has 0 aliphatic rings. The Hall–Kier alpha value is -2.44. The van der Waals surface area contributed by atoms with Crippen LogP contribution in [0.25, 0.3) is 21.3 Å². The van der Waals surface area contributed by atoms with Gasteiger partial charge in [-0.15, -0.1) is 11.3 Å². The number of rotatable bonds is 5. The molecule has 0 saturated heterocycles. The van der Waals surface area contributed by atoms with E-state index in [1.165, 1.54) is 5.56 Å². The second-order valence-corrected chi connectivity index (χ2v) is 7.81. The zero-order valence-electron chi connectivity index (χ0n) is 15.0. The van der Waals surface area contributed by atoms with Crippen LogP contribution < -0.4 is 10.1 Å². The summed E-state index contributed by atoms with van der Waals surface area (Å²) in [5.74, 6) is 1.68. The Morgan fingerprint density at radius 1 is 1.11 bits per heavy atom. The van der Waals surface area contributed by atoms with Gasteiger partial charge in [-0.3, -0.25) is 0 Å². The van der Waals surface area contributed by atoms with E-state index in [-0.39, 0.29) is 0 Å². The van der Waals surface area contributed by atoms with Crippen LogP contribution in [0.1, 0.15) is 12.5 Å². The number of fused-ring (bicyclic) bond motifs is 1. The van der Waals surface area contributed by atoms with E-state index in [1.807, 2.05) is 19.1 Å². The van der Waals surface area contributed by atoms with Crippen LogP contribution in [0.5, 0.6) is 5.75 Å². The number of nitrogens with one attached hydrogen (secondary N) is 1. The van der Waals surface area contributed by atoms with Crippen molar-refractivity contribution < 1.29 is 4.74 Å². The summed E-state index contributed by atoms with van der Waals surface area (Å²) in [5.41, 5.74) is 4.41. The number of ether oxygens (including phenoxy) is 1. The van der Waals surface area contributed by atoms with Gasteiger partial charge in [0, 0.05) is 21.1 Å². The lowest BCUT2D eigenvalue weighted by Gasteiger charge is -2.10. The van der Waals surface area contributed by atoms with Crippen molar-refractivity contribution in [3.05, 3.63) is 64.2 Å². The molecule has 0 aliphatic heterocycles. The van der Waals surface area contributed by atoms with Gasteiger partial charge in [0.1, 0.15) is 22.7 Å². The first-order valence-corrected chi connectivity index (χ1v) is 10.3. The first kappa shape index (κ1) is 17.9. The van der Waals surface area contributed by atoms with Crippen molar-refractivity contribution in [3.8, 4) is 16.9 Å². The minimum atomic E-state index is 0.661. The molecule has 0 bridgehead atoms. The first-order valence-electron chi connectivity index (χ1n) is 8.64. The summed E-state index contributed by atoms with van der Waals surface area (Å²) >= 11 is 5.21. The van der Waals surface area contributed by atoms with Gasteiger partial charge >= 0.3 is 0 Å². The van der Waals surface area contributed by atoms with Crippen molar-refractivity contribution >= 4 is 49.0 Å². The number of anilines is 2. The number of hydrogen-bond donors (Lipinski definition) is 1. The minimum absolute atomic E-state index is 0.661. The summed E-state index contributed by atoms with van der Waals surface area (Å²) in [6, 6.07) is 14.3. The van der Waals surface area contributed by atoms with Crippen LogP contribution in [-0.4, -0.2) is 16.6 Å². The van der Waals surface area contributed by atoms with Gasteiger partial charge in [-0.05, 0) is 49.2 Å². The molecule has 0 spiro atoms. The van der Waals surface area contributed by atoms with Crippen LogP contribution in [0.4, 0.5) is 11.5 Å². The van der Waals surface area contributed by atoms with Crippen molar-refractivity contribution in [3.63, 3.8) is 0 Å². The fourth-order valence-electron chi connectivity index (χ4n) is 2.89. The molecule has 0 atom stereocenters. The molecule has 1 N–H and O–H groups in total. The number of nitrogens with zero attached hydrogens (tertiary/aromatic N) is 2. The molecule has 0 saturated carbocycles. The molecule has 6 heteroatoms. The number of aromatic nitrogens is 2. The van der Waals surface area contributed by atoms with Gasteiger partial charge in [0.2, 0.25) is 0 Å². The maximum atomic E-state index is 5.55. The Morgan fingerprint density at radius 3 is 2.67 bits per heavy atom. The van der Waals surface area contributed by atoms with Crippen LogP contribution in [0.2, 0.25) is 0 Å². The largest absolute Gasteiger partial charge is 0.494 e. The molecule has 0 amide bonds. The molecule has 2 aromatic carbocycles.